The molecule has 25 heavy (non-hydrogen) atoms. The minimum atomic E-state index is -0.500. The first kappa shape index (κ1) is 17.2. The van der Waals surface area contributed by atoms with Crippen LogP contribution in [0.15, 0.2) is 24.3 Å². The molecule has 0 bridgehead atoms. The molecular formula is C18H23N5O2. The number of fused-ring (bicyclic) bond motifs is 5. The van der Waals surface area contributed by atoms with Crippen molar-refractivity contribution >= 4 is 34.2 Å². The third kappa shape index (κ3) is 3.56. The summed E-state index contributed by atoms with van der Waals surface area (Å²) in [6, 6.07) is 7.92. The van der Waals surface area contributed by atoms with Gasteiger partial charge in [-0.1, -0.05) is 18.2 Å². The first-order valence-corrected chi connectivity index (χ1v) is 8.23. The Hall–Kier alpha value is -2.67. The van der Waals surface area contributed by atoms with Crippen molar-refractivity contribution in [2.24, 2.45) is 0 Å². The highest BCUT2D eigenvalue weighted by Crippen LogP contribution is 2.30. The molecule has 3 N–H and O–H groups in total. The molecule has 0 aliphatic carbocycles. The number of imidazole rings is 1. The molecule has 1 aliphatic heterocycles. The second-order valence-electron chi connectivity index (χ2n) is 7.14. The number of benzene rings is 1. The number of nitrogens with zero attached hydrogens (tertiary/aromatic N) is 4. The van der Waals surface area contributed by atoms with E-state index in [0.29, 0.717) is 18.9 Å². The summed E-state index contributed by atoms with van der Waals surface area (Å²) in [6.45, 7) is 7.18. The normalized spacial score (nSPS) is 14.2. The fourth-order valence-corrected chi connectivity index (χ4v) is 2.85. The van der Waals surface area contributed by atoms with Crippen LogP contribution in [0, 0.1) is 0 Å². The third-order valence-corrected chi connectivity index (χ3v) is 3.79. The van der Waals surface area contributed by atoms with Crippen molar-refractivity contribution in [3.8, 4) is 0 Å². The van der Waals surface area contributed by atoms with Gasteiger partial charge in [0.15, 0.2) is 5.82 Å². The summed E-state index contributed by atoms with van der Waals surface area (Å²) in [6.07, 6.45) is 0.864. The Bertz CT molecular complexity index is 920. The second kappa shape index (κ2) is 6.33. The number of rotatable bonds is 1. The fraction of sp³-hybridized carbons (Fsp3) is 0.389. The number of aliphatic hydroxyl groups is 1. The predicted molar refractivity (Wildman–Crippen MR) is 97.9 cm³/mol. The van der Waals surface area contributed by atoms with Crippen molar-refractivity contribution in [2.75, 3.05) is 12.3 Å². The van der Waals surface area contributed by atoms with Gasteiger partial charge < -0.3 is 20.3 Å². The lowest BCUT2D eigenvalue weighted by Gasteiger charge is -2.24. The monoisotopic (exact) mass is 341 g/mol. The molecule has 1 amide bonds. The molecule has 0 unspecified atom stereocenters. The molecule has 4 rings (SSSR count). The van der Waals surface area contributed by atoms with Gasteiger partial charge in [0.2, 0.25) is 6.41 Å². The maximum atomic E-state index is 10.9. The first-order valence-electron chi connectivity index (χ1n) is 8.23. The molecule has 0 fully saturated rings. The van der Waals surface area contributed by atoms with Crippen molar-refractivity contribution in [1.82, 2.24) is 19.4 Å². The number of nitrogen functional groups attached to an aromatic ring is 1. The molecule has 0 atom stereocenters. The van der Waals surface area contributed by atoms with E-state index in [1.54, 1.807) is 25.7 Å². The van der Waals surface area contributed by atoms with Crippen LogP contribution in [0.5, 0.6) is 0 Å². The van der Waals surface area contributed by atoms with E-state index in [1.165, 1.54) is 0 Å². The van der Waals surface area contributed by atoms with Crippen LogP contribution in [-0.4, -0.2) is 43.1 Å². The van der Waals surface area contributed by atoms with Gasteiger partial charge in [0.1, 0.15) is 11.3 Å². The molecule has 7 nitrogen and oxygen atoms in total. The number of pyridine rings is 1. The van der Waals surface area contributed by atoms with Crippen LogP contribution in [0.4, 0.5) is 5.82 Å². The molecule has 0 radical (unpaired) electrons. The van der Waals surface area contributed by atoms with Crippen molar-refractivity contribution in [1.29, 1.82) is 0 Å². The van der Waals surface area contributed by atoms with E-state index in [1.807, 2.05) is 24.3 Å². The number of hydrogen-bond donors (Lipinski definition) is 2. The lowest BCUT2D eigenvalue weighted by atomic mass is 10.2. The van der Waals surface area contributed by atoms with Crippen molar-refractivity contribution in [3.63, 3.8) is 0 Å². The minimum absolute atomic E-state index is 0.443. The summed E-state index contributed by atoms with van der Waals surface area (Å²) >= 11 is 0. The van der Waals surface area contributed by atoms with Crippen molar-refractivity contribution < 1.29 is 9.90 Å². The van der Waals surface area contributed by atoms with Gasteiger partial charge in [-0.15, -0.1) is 0 Å². The van der Waals surface area contributed by atoms with E-state index in [-0.39, 0.29) is 0 Å². The molecule has 3 aromatic rings. The van der Waals surface area contributed by atoms with Gasteiger partial charge in [-0.2, -0.15) is 0 Å². The van der Waals surface area contributed by atoms with Crippen LogP contribution in [0.2, 0.25) is 0 Å². The van der Waals surface area contributed by atoms with Gasteiger partial charge in [0.05, 0.1) is 23.2 Å². The summed E-state index contributed by atoms with van der Waals surface area (Å²) in [5.74, 6) is 1.31. The summed E-state index contributed by atoms with van der Waals surface area (Å²) in [5.41, 5.74) is 8.15. The minimum Gasteiger partial charge on any atom is -0.391 e. The van der Waals surface area contributed by atoms with E-state index in [0.717, 1.165) is 40.7 Å². The predicted octanol–water partition coefficient (Wildman–Crippen LogP) is 1.92. The molecule has 0 spiro atoms. The van der Waals surface area contributed by atoms with Crippen LogP contribution in [-0.2, 0) is 17.9 Å². The van der Waals surface area contributed by atoms with E-state index >= 15 is 0 Å². The zero-order valence-corrected chi connectivity index (χ0v) is 14.7. The van der Waals surface area contributed by atoms with Crippen molar-refractivity contribution in [2.45, 2.75) is 39.5 Å². The number of aromatic nitrogens is 3. The Balaban J connectivity index is 0.000000324. The van der Waals surface area contributed by atoms with E-state index < -0.39 is 5.60 Å². The zero-order chi connectivity index (χ0) is 18.2. The maximum absolute atomic E-state index is 10.9. The van der Waals surface area contributed by atoms with Gasteiger partial charge in [-0.3, -0.25) is 4.79 Å². The Labute approximate surface area is 146 Å². The number of amides is 1. The average Bonchev–Trinajstić information content (AvgIpc) is 2.93. The second-order valence-corrected chi connectivity index (χ2v) is 7.14. The van der Waals surface area contributed by atoms with E-state index in [9.17, 15) is 4.79 Å². The first-order chi connectivity index (χ1) is 11.8. The van der Waals surface area contributed by atoms with Gasteiger partial charge in [0.25, 0.3) is 0 Å². The van der Waals surface area contributed by atoms with Crippen LogP contribution >= 0.6 is 0 Å². The third-order valence-electron chi connectivity index (χ3n) is 3.79. The van der Waals surface area contributed by atoms with Crippen LogP contribution in [0.1, 0.15) is 26.6 Å². The summed E-state index contributed by atoms with van der Waals surface area (Å²) in [4.78, 5) is 21.6. The Morgan fingerprint density at radius 3 is 2.56 bits per heavy atom. The van der Waals surface area contributed by atoms with E-state index in [4.69, 9.17) is 10.8 Å². The molecular weight excluding hydrogens is 318 g/mol. The number of para-hydroxylation sites is 1. The Kier molecular flexibility index (Phi) is 4.34. The highest BCUT2D eigenvalue weighted by Gasteiger charge is 2.22. The molecule has 0 saturated carbocycles. The number of carbonyl (C=O) groups is 1. The molecule has 0 saturated heterocycles. The zero-order valence-electron chi connectivity index (χ0n) is 14.7. The van der Waals surface area contributed by atoms with E-state index in [2.05, 4.69) is 14.5 Å². The lowest BCUT2D eigenvalue weighted by Crippen LogP contribution is -2.32. The number of hydrogen-bond acceptors (Lipinski definition) is 5. The Morgan fingerprint density at radius 2 is 1.88 bits per heavy atom. The maximum Gasteiger partial charge on any atom is 0.210 e. The van der Waals surface area contributed by atoms with Gasteiger partial charge in [-0.25, -0.2) is 9.97 Å². The average molecular weight is 341 g/mol. The quantitative estimate of drug-likeness (QED) is 0.659. The van der Waals surface area contributed by atoms with Gasteiger partial charge >= 0.3 is 0 Å². The summed E-state index contributed by atoms with van der Waals surface area (Å²) < 4.78 is 2.15. The van der Waals surface area contributed by atoms with Gasteiger partial charge in [0, 0.05) is 18.5 Å². The topological polar surface area (TPSA) is 97.3 Å². The Morgan fingerprint density at radius 1 is 1.20 bits per heavy atom. The van der Waals surface area contributed by atoms with Crippen molar-refractivity contribution in [3.05, 3.63) is 30.1 Å². The summed E-state index contributed by atoms with van der Waals surface area (Å²) in [5, 5.41) is 9.57. The SMILES string of the molecule is CC(C)(C)O.Nc1nc2ccccc2c2c1nc1n2CCN(C=O)C1. The lowest BCUT2D eigenvalue weighted by molar-refractivity contribution is -0.119. The fourth-order valence-electron chi connectivity index (χ4n) is 2.85. The summed E-state index contributed by atoms with van der Waals surface area (Å²) in [7, 11) is 0. The highest BCUT2D eigenvalue weighted by atomic mass is 16.3. The molecule has 1 aromatic carbocycles. The largest absolute Gasteiger partial charge is 0.391 e. The molecule has 3 heterocycles. The van der Waals surface area contributed by atoms with Crippen LogP contribution in [0.3, 0.4) is 0 Å². The van der Waals surface area contributed by atoms with Crippen LogP contribution < -0.4 is 5.73 Å². The van der Waals surface area contributed by atoms with Crippen LogP contribution in [0.25, 0.3) is 21.9 Å². The molecule has 2 aromatic heterocycles. The molecule has 7 heteroatoms. The highest BCUT2D eigenvalue weighted by molar-refractivity contribution is 6.06. The number of anilines is 1. The standard InChI is InChI=1S/C14H13N5O.C4H10O/c15-14-12-13(9-3-1-2-4-10(9)16-14)19-6-5-18(8-20)7-11(19)17-12;1-4(2,3)5/h1-4,8H,5-7H2,(H2,15,16);5H,1-3H3. The smallest absolute Gasteiger partial charge is 0.210 e. The molecule has 132 valence electrons. The number of nitrogens with two attached hydrogens (primary N) is 1. The van der Waals surface area contributed by atoms with Gasteiger partial charge in [-0.05, 0) is 26.8 Å². The number of carbonyl (C=O) groups excluding carboxylic acids is 1. The molecule has 1 aliphatic rings.